The van der Waals surface area contributed by atoms with Crippen LogP contribution >= 0.6 is 0 Å². The molecule has 0 radical (unpaired) electrons. The van der Waals surface area contributed by atoms with Crippen LogP contribution in [-0.2, 0) is 33.4 Å². The second kappa shape index (κ2) is 9.47. The second-order valence-electron chi connectivity index (χ2n) is 6.94. The van der Waals surface area contributed by atoms with E-state index in [1.54, 1.807) is 12.2 Å². The van der Waals surface area contributed by atoms with E-state index in [-0.39, 0.29) is 23.3 Å². The highest BCUT2D eigenvalue weighted by Gasteiger charge is 2.49. The average Bonchev–Trinajstić information content (AvgIpc) is 2.93. The van der Waals surface area contributed by atoms with E-state index in [0.717, 1.165) is 6.92 Å². The molecule has 1 fully saturated rings. The van der Waals surface area contributed by atoms with Gasteiger partial charge < -0.3 is 19.3 Å². The smallest absolute Gasteiger partial charge is 0.334 e. The molecule has 0 aromatic carbocycles. The Morgan fingerprint density at radius 1 is 1.34 bits per heavy atom. The number of carbonyl (C=O) groups excluding carboxylic acids is 4. The number of fused-ring (bicyclic) bond motifs is 1. The van der Waals surface area contributed by atoms with E-state index in [1.165, 1.54) is 6.92 Å². The summed E-state index contributed by atoms with van der Waals surface area (Å²) in [5, 5.41) is 9.61. The van der Waals surface area contributed by atoms with E-state index >= 15 is 0 Å². The number of hydrogen-bond donors (Lipinski definition) is 1. The quantitative estimate of drug-likeness (QED) is 0.240. The molecule has 0 saturated carbocycles. The maximum atomic E-state index is 12.3. The second-order valence-corrected chi connectivity index (χ2v) is 6.94. The highest BCUT2D eigenvalue weighted by Crippen LogP contribution is 2.37. The lowest BCUT2D eigenvalue weighted by Crippen LogP contribution is -2.45. The van der Waals surface area contributed by atoms with Crippen LogP contribution < -0.4 is 0 Å². The molecule has 29 heavy (non-hydrogen) atoms. The fourth-order valence-electron chi connectivity index (χ4n) is 3.28. The van der Waals surface area contributed by atoms with Crippen molar-refractivity contribution in [3.05, 3.63) is 47.6 Å². The minimum Gasteiger partial charge on any atom is -0.454 e. The molecule has 1 N–H and O–H groups in total. The lowest BCUT2D eigenvalue weighted by atomic mass is 9.83. The van der Waals surface area contributed by atoms with Gasteiger partial charge in [-0.1, -0.05) is 19.2 Å². The molecular weight excluding hydrogens is 380 g/mol. The van der Waals surface area contributed by atoms with Crippen LogP contribution in [0.25, 0.3) is 0 Å². The molecule has 4 atom stereocenters. The Labute approximate surface area is 168 Å². The van der Waals surface area contributed by atoms with E-state index in [1.807, 2.05) is 0 Å². The Morgan fingerprint density at radius 2 is 2.03 bits per heavy atom. The largest absolute Gasteiger partial charge is 0.454 e. The normalized spacial score (nSPS) is 30.6. The summed E-state index contributed by atoms with van der Waals surface area (Å²) >= 11 is 0. The van der Waals surface area contributed by atoms with Crippen LogP contribution in [-0.4, -0.2) is 54.2 Å². The molecule has 0 spiro atoms. The number of aldehydes is 1. The van der Waals surface area contributed by atoms with Crippen molar-refractivity contribution in [3.63, 3.8) is 0 Å². The Hall–Kier alpha value is -3.00. The first-order valence-corrected chi connectivity index (χ1v) is 9.08. The van der Waals surface area contributed by atoms with Crippen molar-refractivity contribution in [2.24, 2.45) is 5.92 Å². The van der Waals surface area contributed by atoms with Crippen LogP contribution in [0.2, 0.25) is 0 Å². The van der Waals surface area contributed by atoms with E-state index in [2.05, 4.69) is 13.2 Å². The first kappa shape index (κ1) is 22.3. The molecular formula is C21H24O8. The average molecular weight is 404 g/mol. The molecule has 0 bridgehead atoms. The van der Waals surface area contributed by atoms with Gasteiger partial charge in [0.15, 0.2) is 12.2 Å². The number of hydrogen-bond acceptors (Lipinski definition) is 8. The summed E-state index contributed by atoms with van der Waals surface area (Å²) in [7, 11) is 0. The molecule has 1 heterocycles. The molecule has 1 aliphatic heterocycles. The number of allylic oxidation sites excluding steroid dienone is 1. The van der Waals surface area contributed by atoms with Gasteiger partial charge in [0.1, 0.15) is 12.4 Å². The van der Waals surface area contributed by atoms with Crippen LogP contribution in [0.5, 0.6) is 0 Å². The van der Waals surface area contributed by atoms with Crippen molar-refractivity contribution in [1.29, 1.82) is 0 Å². The first-order valence-electron chi connectivity index (χ1n) is 9.08. The predicted molar refractivity (Wildman–Crippen MR) is 101 cm³/mol. The van der Waals surface area contributed by atoms with E-state index < -0.39 is 42.1 Å². The summed E-state index contributed by atoms with van der Waals surface area (Å²) < 4.78 is 16.2. The van der Waals surface area contributed by atoms with Crippen LogP contribution in [0.4, 0.5) is 0 Å². The Morgan fingerprint density at radius 3 is 2.59 bits per heavy atom. The van der Waals surface area contributed by atoms with Gasteiger partial charge in [-0.15, -0.1) is 0 Å². The van der Waals surface area contributed by atoms with Gasteiger partial charge in [0.2, 0.25) is 0 Å². The molecule has 1 saturated heterocycles. The maximum Gasteiger partial charge on any atom is 0.334 e. The van der Waals surface area contributed by atoms with Gasteiger partial charge in [-0.3, -0.25) is 9.59 Å². The van der Waals surface area contributed by atoms with Crippen LogP contribution in [0, 0.1) is 5.92 Å². The van der Waals surface area contributed by atoms with Crippen molar-refractivity contribution in [3.8, 4) is 0 Å². The number of aliphatic hydroxyl groups excluding tert-OH is 1. The molecule has 8 heteroatoms. The summed E-state index contributed by atoms with van der Waals surface area (Å²) in [6.07, 6.45) is 0.932. The molecule has 0 unspecified atom stereocenters. The standard InChI is InChI=1S/C21H24O8/c1-11(2)20(25)29-19-17-12(3)21(26)28-16(17)8-14(9-22)6-5-7-15(10-23)18(19)27-13(4)24/h7-8,10,16-19,22H,1,3,5-6,9H2,2,4H3/b14-8-,15-7+/t16-,17+,18+,19-/m0/s1. The Bertz CT molecular complexity index is 803. The van der Waals surface area contributed by atoms with Crippen molar-refractivity contribution in [1.82, 2.24) is 0 Å². The SMILES string of the molecule is C=C(C)C(=O)O[C@H]1[C@@H]2C(=C)C(=O)O[C@H]2/C=C(\CO)CC/C=C(\C=O)[C@H]1OC(C)=O. The first-order chi connectivity index (χ1) is 13.7. The van der Waals surface area contributed by atoms with Gasteiger partial charge in [-0.05, 0) is 31.4 Å². The minimum absolute atomic E-state index is 0.00558. The predicted octanol–water partition coefficient (Wildman–Crippen LogP) is 1.34. The van der Waals surface area contributed by atoms with Crippen LogP contribution in [0.3, 0.4) is 0 Å². The van der Waals surface area contributed by atoms with Crippen molar-refractivity contribution in [2.45, 2.75) is 45.0 Å². The molecule has 0 aromatic heterocycles. The minimum atomic E-state index is -1.27. The summed E-state index contributed by atoms with van der Waals surface area (Å²) in [6.45, 7) is 9.59. The molecule has 1 aliphatic carbocycles. The lowest BCUT2D eigenvalue weighted by molar-refractivity contribution is -0.166. The topological polar surface area (TPSA) is 116 Å². The third-order valence-corrected chi connectivity index (χ3v) is 4.71. The molecule has 2 aliphatic rings. The highest BCUT2D eigenvalue weighted by molar-refractivity contribution is 5.92. The zero-order valence-corrected chi connectivity index (χ0v) is 16.4. The summed E-state index contributed by atoms with van der Waals surface area (Å²) in [5.41, 5.74) is 0.745. The zero-order chi connectivity index (χ0) is 21.7. The third kappa shape index (κ3) is 5.08. The van der Waals surface area contributed by atoms with Gasteiger partial charge >= 0.3 is 17.9 Å². The van der Waals surface area contributed by atoms with Gasteiger partial charge in [0.05, 0.1) is 12.5 Å². The number of rotatable bonds is 5. The molecule has 0 amide bonds. The summed E-state index contributed by atoms with van der Waals surface area (Å²) in [6, 6.07) is 0. The molecule has 2 rings (SSSR count). The fraction of sp³-hybridized carbons (Fsp3) is 0.429. The van der Waals surface area contributed by atoms with Crippen LogP contribution in [0.15, 0.2) is 47.6 Å². The van der Waals surface area contributed by atoms with Crippen LogP contribution in [0.1, 0.15) is 26.7 Å². The maximum absolute atomic E-state index is 12.3. The fourth-order valence-corrected chi connectivity index (χ4v) is 3.28. The van der Waals surface area contributed by atoms with E-state index in [9.17, 15) is 24.3 Å². The van der Waals surface area contributed by atoms with E-state index in [4.69, 9.17) is 14.2 Å². The van der Waals surface area contributed by atoms with Crippen molar-refractivity contribution < 1.29 is 38.5 Å². The van der Waals surface area contributed by atoms with Gasteiger partial charge in [-0.25, -0.2) is 9.59 Å². The van der Waals surface area contributed by atoms with Gasteiger partial charge in [0, 0.05) is 23.6 Å². The van der Waals surface area contributed by atoms with Crippen molar-refractivity contribution >= 4 is 24.2 Å². The monoisotopic (exact) mass is 404 g/mol. The number of carbonyl (C=O) groups is 4. The van der Waals surface area contributed by atoms with Gasteiger partial charge in [-0.2, -0.15) is 0 Å². The molecule has 156 valence electrons. The highest BCUT2D eigenvalue weighted by atomic mass is 16.6. The Balaban J connectivity index is 2.65. The number of esters is 3. The van der Waals surface area contributed by atoms with Crippen molar-refractivity contribution in [2.75, 3.05) is 6.61 Å². The number of aliphatic hydroxyl groups is 1. The zero-order valence-electron chi connectivity index (χ0n) is 16.4. The third-order valence-electron chi connectivity index (χ3n) is 4.71. The summed E-state index contributed by atoms with van der Waals surface area (Å²) in [4.78, 5) is 48.0. The molecule has 0 aromatic rings. The lowest BCUT2D eigenvalue weighted by Gasteiger charge is -2.33. The number of ether oxygens (including phenoxy) is 3. The Kier molecular flexibility index (Phi) is 7.28. The van der Waals surface area contributed by atoms with Gasteiger partial charge in [0.25, 0.3) is 0 Å². The van der Waals surface area contributed by atoms with E-state index in [0.29, 0.717) is 24.7 Å². The molecule has 8 nitrogen and oxygen atoms in total. The summed E-state index contributed by atoms with van der Waals surface area (Å²) in [5.74, 6) is -3.12.